The Bertz CT molecular complexity index is 794. The Labute approximate surface area is 131 Å². The number of aromatic amines is 1. The fraction of sp³-hybridized carbons (Fsp3) is 0.118. The maximum Gasteiger partial charge on any atom is 0.256 e. The highest BCUT2D eigenvalue weighted by Gasteiger charge is 2.16. The van der Waals surface area contributed by atoms with Crippen molar-refractivity contribution in [3.8, 4) is 0 Å². The van der Waals surface area contributed by atoms with Crippen molar-refractivity contribution in [3.05, 3.63) is 70.3 Å². The Morgan fingerprint density at radius 3 is 2.67 bits per heavy atom. The molecule has 0 bridgehead atoms. The number of carbonyl (C=O) groups is 1. The smallest absolute Gasteiger partial charge is 0.256 e. The predicted molar refractivity (Wildman–Crippen MR) is 88.2 cm³/mol. The van der Waals surface area contributed by atoms with Crippen molar-refractivity contribution in [1.29, 1.82) is 0 Å². The van der Waals surface area contributed by atoms with Crippen molar-refractivity contribution >= 4 is 32.7 Å². The molecule has 0 aliphatic carbocycles. The molecule has 4 heteroatoms. The minimum Gasteiger partial charge on any atom is -0.360 e. The first-order valence-corrected chi connectivity index (χ1v) is 7.51. The third kappa shape index (κ3) is 2.72. The van der Waals surface area contributed by atoms with Crippen molar-refractivity contribution in [1.82, 2.24) is 9.88 Å². The molecule has 1 aromatic heterocycles. The monoisotopic (exact) mass is 342 g/mol. The summed E-state index contributed by atoms with van der Waals surface area (Å²) in [5, 5.41) is 0.960. The molecule has 0 saturated heterocycles. The van der Waals surface area contributed by atoms with E-state index in [0.717, 1.165) is 20.9 Å². The van der Waals surface area contributed by atoms with Gasteiger partial charge in [0.05, 0.1) is 5.56 Å². The number of hydrogen-bond donors (Lipinski definition) is 1. The summed E-state index contributed by atoms with van der Waals surface area (Å²) in [5.74, 6) is 0.0169. The summed E-state index contributed by atoms with van der Waals surface area (Å²) in [6.07, 6.45) is 1.78. The van der Waals surface area contributed by atoms with Gasteiger partial charge >= 0.3 is 0 Å². The average molecular weight is 343 g/mol. The SMILES string of the molecule is CN(Cc1ccccc1Br)C(=O)c1c[nH]c2ccccc12. The number of para-hydroxylation sites is 1. The molecule has 0 fully saturated rings. The van der Waals surface area contributed by atoms with Crippen LogP contribution in [-0.2, 0) is 6.54 Å². The van der Waals surface area contributed by atoms with Crippen LogP contribution in [0.2, 0.25) is 0 Å². The lowest BCUT2D eigenvalue weighted by atomic mass is 10.1. The Morgan fingerprint density at radius 2 is 1.86 bits per heavy atom. The van der Waals surface area contributed by atoms with Gasteiger partial charge in [0, 0.05) is 35.2 Å². The van der Waals surface area contributed by atoms with Crippen molar-refractivity contribution in [2.45, 2.75) is 6.54 Å². The molecular weight excluding hydrogens is 328 g/mol. The van der Waals surface area contributed by atoms with Gasteiger partial charge in [-0.15, -0.1) is 0 Å². The van der Waals surface area contributed by atoms with Gasteiger partial charge in [-0.2, -0.15) is 0 Å². The number of aromatic nitrogens is 1. The van der Waals surface area contributed by atoms with E-state index in [9.17, 15) is 4.79 Å². The molecule has 0 unspecified atom stereocenters. The molecule has 3 rings (SSSR count). The van der Waals surface area contributed by atoms with Crippen LogP contribution in [0, 0.1) is 0 Å². The summed E-state index contributed by atoms with van der Waals surface area (Å²) in [7, 11) is 1.82. The lowest BCUT2D eigenvalue weighted by molar-refractivity contribution is 0.0787. The number of nitrogens with one attached hydrogen (secondary N) is 1. The Kier molecular flexibility index (Phi) is 3.80. The zero-order valence-electron chi connectivity index (χ0n) is 11.6. The summed E-state index contributed by atoms with van der Waals surface area (Å²) in [6, 6.07) is 15.8. The van der Waals surface area contributed by atoms with Crippen LogP contribution in [-0.4, -0.2) is 22.8 Å². The van der Waals surface area contributed by atoms with Gasteiger partial charge in [0.15, 0.2) is 0 Å². The van der Waals surface area contributed by atoms with Gasteiger partial charge in [0.2, 0.25) is 0 Å². The lowest BCUT2D eigenvalue weighted by Gasteiger charge is -2.17. The number of hydrogen-bond acceptors (Lipinski definition) is 1. The quantitative estimate of drug-likeness (QED) is 0.760. The minimum absolute atomic E-state index is 0.0169. The fourth-order valence-electron chi connectivity index (χ4n) is 2.41. The number of fused-ring (bicyclic) bond motifs is 1. The summed E-state index contributed by atoms with van der Waals surface area (Å²) < 4.78 is 1.02. The van der Waals surface area contributed by atoms with Gasteiger partial charge in [-0.1, -0.05) is 52.3 Å². The van der Waals surface area contributed by atoms with Gasteiger partial charge in [-0.3, -0.25) is 4.79 Å². The number of halogens is 1. The van der Waals surface area contributed by atoms with E-state index in [0.29, 0.717) is 12.1 Å². The molecule has 0 radical (unpaired) electrons. The Morgan fingerprint density at radius 1 is 1.14 bits per heavy atom. The summed E-state index contributed by atoms with van der Waals surface area (Å²) in [4.78, 5) is 17.5. The van der Waals surface area contributed by atoms with E-state index in [1.54, 1.807) is 11.1 Å². The zero-order chi connectivity index (χ0) is 14.8. The first-order valence-electron chi connectivity index (χ1n) is 6.72. The van der Waals surface area contributed by atoms with E-state index in [1.807, 2.05) is 55.6 Å². The van der Waals surface area contributed by atoms with Crippen molar-refractivity contribution < 1.29 is 4.79 Å². The van der Waals surface area contributed by atoms with Gasteiger partial charge in [-0.25, -0.2) is 0 Å². The molecule has 2 aromatic carbocycles. The maximum atomic E-state index is 12.6. The highest BCUT2D eigenvalue weighted by molar-refractivity contribution is 9.10. The molecule has 0 aliphatic rings. The number of amides is 1. The van der Waals surface area contributed by atoms with Crippen LogP contribution >= 0.6 is 15.9 Å². The fourth-order valence-corrected chi connectivity index (χ4v) is 2.82. The van der Waals surface area contributed by atoms with Gasteiger partial charge in [0.1, 0.15) is 0 Å². The van der Waals surface area contributed by atoms with Crippen LogP contribution in [0.5, 0.6) is 0 Å². The van der Waals surface area contributed by atoms with Crippen molar-refractivity contribution in [2.75, 3.05) is 7.05 Å². The van der Waals surface area contributed by atoms with Crippen LogP contribution in [0.15, 0.2) is 59.2 Å². The number of rotatable bonds is 3. The van der Waals surface area contributed by atoms with Gasteiger partial charge in [-0.05, 0) is 17.7 Å². The van der Waals surface area contributed by atoms with E-state index < -0.39 is 0 Å². The first-order chi connectivity index (χ1) is 10.2. The molecule has 3 aromatic rings. The van der Waals surface area contributed by atoms with E-state index >= 15 is 0 Å². The molecular formula is C17H15BrN2O. The van der Waals surface area contributed by atoms with Gasteiger partial charge in [0.25, 0.3) is 5.91 Å². The Hall–Kier alpha value is -2.07. The summed E-state index contributed by atoms with van der Waals surface area (Å²) in [6.45, 7) is 0.569. The molecule has 0 saturated carbocycles. The summed E-state index contributed by atoms with van der Waals surface area (Å²) >= 11 is 3.52. The zero-order valence-corrected chi connectivity index (χ0v) is 13.2. The molecule has 1 heterocycles. The van der Waals surface area contributed by atoms with E-state index in [1.165, 1.54) is 0 Å². The standard InChI is InChI=1S/C17H15BrN2O/c1-20(11-12-6-2-4-8-15(12)18)17(21)14-10-19-16-9-5-3-7-13(14)16/h2-10,19H,11H2,1H3. The highest BCUT2D eigenvalue weighted by Crippen LogP contribution is 2.21. The topological polar surface area (TPSA) is 36.1 Å². The van der Waals surface area contributed by atoms with Crippen LogP contribution in [0.25, 0.3) is 10.9 Å². The lowest BCUT2D eigenvalue weighted by Crippen LogP contribution is -2.26. The highest BCUT2D eigenvalue weighted by atomic mass is 79.9. The largest absolute Gasteiger partial charge is 0.360 e. The maximum absolute atomic E-state index is 12.6. The second kappa shape index (κ2) is 5.74. The Balaban J connectivity index is 1.86. The predicted octanol–water partition coefficient (Wildman–Crippen LogP) is 4.20. The normalized spacial score (nSPS) is 10.8. The van der Waals surface area contributed by atoms with Crippen molar-refractivity contribution in [2.24, 2.45) is 0 Å². The third-order valence-corrected chi connectivity index (χ3v) is 4.31. The summed E-state index contributed by atoms with van der Waals surface area (Å²) in [5.41, 5.74) is 2.78. The van der Waals surface area contributed by atoms with Crippen molar-refractivity contribution in [3.63, 3.8) is 0 Å². The van der Waals surface area contributed by atoms with Crippen LogP contribution in [0.4, 0.5) is 0 Å². The molecule has 106 valence electrons. The second-order valence-electron chi connectivity index (χ2n) is 5.00. The molecule has 1 amide bonds. The number of nitrogens with zero attached hydrogens (tertiary/aromatic N) is 1. The number of H-pyrrole nitrogens is 1. The molecule has 3 nitrogen and oxygen atoms in total. The molecule has 0 aliphatic heterocycles. The molecule has 21 heavy (non-hydrogen) atoms. The number of benzene rings is 2. The number of carbonyl (C=O) groups excluding carboxylic acids is 1. The van der Waals surface area contributed by atoms with Crippen LogP contribution in [0.1, 0.15) is 15.9 Å². The second-order valence-corrected chi connectivity index (χ2v) is 5.85. The van der Waals surface area contributed by atoms with E-state index in [2.05, 4.69) is 20.9 Å². The van der Waals surface area contributed by atoms with Crippen LogP contribution in [0.3, 0.4) is 0 Å². The average Bonchev–Trinajstić information content (AvgIpc) is 2.92. The van der Waals surface area contributed by atoms with E-state index in [4.69, 9.17) is 0 Å². The van der Waals surface area contributed by atoms with Gasteiger partial charge < -0.3 is 9.88 Å². The first kappa shape index (κ1) is 13.9. The molecule has 0 atom stereocenters. The van der Waals surface area contributed by atoms with Crippen LogP contribution < -0.4 is 0 Å². The molecule has 1 N–H and O–H groups in total. The minimum atomic E-state index is 0.0169. The molecule has 0 spiro atoms. The van der Waals surface area contributed by atoms with E-state index in [-0.39, 0.29) is 5.91 Å². The third-order valence-electron chi connectivity index (χ3n) is 3.53.